The first-order chi connectivity index (χ1) is 30.7. The molecule has 366 valence electrons. The lowest BCUT2D eigenvalue weighted by atomic mass is 9.78. The number of Topliss-reactive ketones (excluding diaryl/α,β-unsaturated/α-hetero) is 3. The largest absolute Gasteiger partial charge is 0.460 e. The van der Waals surface area contributed by atoms with Crippen molar-refractivity contribution in [2.24, 2.45) is 35.5 Å². The van der Waals surface area contributed by atoms with Gasteiger partial charge < -0.3 is 43.9 Å². The van der Waals surface area contributed by atoms with Crippen LogP contribution in [-0.4, -0.2) is 132 Å². The lowest BCUT2D eigenvalue weighted by molar-refractivity contribution is -0.265. The van der Waals surface area contributed by atoms with Crippen molar-refractivity contribution >= 4 is 29.2 Å². The Morgan fingerprint density at radius 1 is 0.846 bits per heavy atom. The first-order valence-electron chi connectivity index (χ1n) is 23.9. The zero-order valence-electron chi connectivity index (χ0n) is 40.6. The Morgan fingerprint density at radius 3 is 2.25 bits per heavy atom. The molecular formula is C51H79NO13. The Kier molecular flexibility index (Phi) is 21.0. The molecule has 3 aliphatic heterocycles. The number of ketones is 3. The van der Waals surface area contributed by atoms with Crippen LogP contribution < -0.4 is 0 Å². The minimum Gasteiger partial charge on any atom is -0.460 e. The lowest BCUT2D eigenvalue weighted by Crippen LogP contribution is -2.61. The van der Waals surface area contributed by atoms with Crippen molar-refractivity contribution in [3.63, 3.8) is 0 Å². The topological polar surface area (TPSA) is 195 Å². The number of aliphatic hydroxyl groups excluding tert-OH is 2. The third kappa shape index (κ3) is 14.3. The first kappa shape index (κ1) is 54.2. The summed E-state index contributed by atoms with van der Waals surface area (Å²) in [5.74, 6) is -7.96. The Hall–Kier alpha value is -3.37. The Balaban J connectivity index is 1.70. The smallest absolute Gasteiger partial charge is 0.329 e. The van der Waals surface area contributed by atoms with Gasteiger partial charge in [-0.05, 0) is 107 Å². The molecule has 1 amide bonds. The lowest BCUT2D eigenvalue weighted by Gasteiger charge is -2.42. The molecule has 0 aromatic rings. The van der Waals surface area contributed by atoms with E-state index in [1.807, 2.05) is 58.1 Å². The number of carbonyl (C=O) groups excluding carboxylic acids is 5. The summed E-state index contributed by atoms with van der Waals surface area (Å²) < 4.78 is 29.4. The Labute approximate surface area is 387 Å². The van der Waals surface area contributed by atoms with E-state index in [1.54, 1.807) is 41.1 Å². The first-order valence-corrected chi connectivity index (χ1v) is 23.9. The van der Waals surface area contributed by atoms with Gasteiger partial charge in [0.1, 0.15) is 30.1 Å². The fraction of sp³-hybridized carbons (Fsp3) is 0.745. The molecule has 15 atom stereocenters. The van der Waals surface area contributed by atoms with E-state index in [1.165, 1.54) is 12.0 Å². The molecule has 2 saturated heterocycles. The molecule has 65 heavy (non-hydrogen) atoms. The maximum atomic E-state index is 14.4. The van der Waals surface area contributed by atoms with Crippen molar-refractivity contribution < 1.29 is 63.0 Å². The van der Waals surface area contributed by atoms with Crippen LogP contribution in [0.1, 0.15) is 126 Å². The van der Waals surface area contributed by atoms with Crippen LogP contribution in [0.3, 0.4) is 0 Å². The van der Waals surface area contributed by atoms with Crippen molar-refractivity contribution in [3.05, 3.63) is 47.6 Å². The fourth-order valence-electron chi connectivity index (χ4n) is 10.1. The number of carbonyl (C=O) groups is 5. The number of ether oxygens (including phenoxy) is 5. The fourth-order valence-corrected chi connectivity index (χ4v) is 10.1. The number of aliphatic hydroxyl groups is 3. The molecule has 14 nitrogen and oxygen atoms in total. The van der Waals surface area contributed by atoms with Crippen LogP contribution in [0.5, 0.6) is 0 Å². The number of hydrogen-bond acceptors (Lipinski definition) is 13. The van der Waals surface area contributed by atoms with Crippen molar-refractivity contribution in [2.75, 3.05) is 27.9 Å². The van der Waals surface area contributed by atoms with Crippen LogP contribution in [0.15, 0.2) is 47.6 Å². The van der Waals surface area contributed by atoms with Crippen LogP contribution in [0.2, 0.25) is 0 Å². The van der Waals surface area contributed by atoms with Gasteiger partial charge in [-0.3, -0.25) is 19.2 Å². The average Bonchev–Trinajstić information content (AvgIpc) is 3.28. The monoisotopic (exact) mass is 914 g/mol. The molecule has 0 spiro atoms. The van der Waals surface area contributed by atoms with Gasteiger partial charge in [-0.1, -0.05) is 71.1 Å². The molecule has 0 aromatic carbocycles. The van der Waals surface area contributed by atoms with Gasteiger partial charge in [-0.2, -0.15) is 0 Å². The zero-order valence-corrected chi connectivity index (χ0v) is 40.6. The van der Waals surface area contributed by atoms with E-state index in [0.717, 1.165) is 12.0 Å². The summed E-state index contributed by atoms with van der Waals surface area (Å²) >= 11 is 0. The summed E-state index contributed by atoms with van der Waals surface area (Å²) in [6, 6.07) is -1.14. The molecule has 3 heterocycles. The standard InChI is InChI=1S/C51H79NO13/c1-30-16-12-11-13-17-31(2)42(61-8)28-38-21-19-36(7)51(60,65-38)48(57)49(58)52-23-15-14-18-39(52)50(59)64-43(33(4)26-37-20-22-40(53)44(27-37)62-9)29-41(54)32(3)25-35(6)46(56)47(63-10)45(55)34(5)24-30/h11-13,16-17,25,30,32-34,36-40,42-44,46-47,53,56,60H,14-15,18-24,26-29H2,1-10H3/t30-,32-,33-,34?,36-,37+,38+,39+,40-,42+,43+,44-,46-,47+,51-/m1/s1. The molecule has 14 heteroatoms. The highest BCUT2D eigenvalue weighted by molar-refractivity contribution is 6.39. The highest BCUT2D eigenvalue weighted by Crippen LogP contribution is 2.38. The predicted molar refractivity (Wildman–Crippen MR) is 245 cm³/mol. The number of piperidine rings is 1. The highest BCUT2D eigenvalue weighted by Gasteiger charge is 2.53. The van der Waals surface area contributed by atoms with Gasteiger partial charge in [0.2, 0.25) is 5.79 Å². The number of allylic oxidation sites excluding steroid dienone is 6. The number of nitrogens with zero attached hydrogens (tertiary/aromatic N) is 1. The number of methoxy groups -OCH3 is 3. The summed E-state index contributed by atoms with van der Waals surface area (Å²) in [5, 5.41) is 33.8. The van der Waals surface area contributed by atoms with Crippen LogP contribution in [-0.2, 0) is 47.7 Å². The molecule has 4 rings (SSSR count). The quantitative estimate of drug-likeness (QED) is 0.156. The minimum absolute atomic E-state index is 0.0193. The van der Waals surface area contributed by atoms with Crippen LogP contribution in [0.4, 0.5) is 0 Å². The second-order valence-electron chi connectivity index (χ2n) is 19.6. The summed E-state index contributed by atoms with van der Waals surface area (Å²) in [6.07, 6.45) is 11.2. The molecule has 2 bridgehead atoms. The molecule has 1 saturated carbocycles. The SMILES string of the molecule is CO[C@H]1C[C@@H]2CC[C@@H](C)[C@@](O)(O2)C(=O)C(=O)N2CCCC[C@H]2C(=O)O[C@H]([C@H](C)C[C@@H]2CC[C@@H](O)[C@H](OC)C2)CC(=O)[C@H](C)C=C(C)[C@@H](O)[C@@H](OC)C(=O)C(C)C[C@H](C)C=CC=CC=C1C. The Morgan fingerprint density at radius 2 is 1.57 bits per heavy atom. The third-order valence-electron chi connectivity index (χ3n) is 14.5. The number of cyclic esters (lactones) is 1. The third-order valence-corrected chi connectivity index (χ3v) is 14.5. The summed E-state index contributed by atoms with van der Waals surface area (Å²) in [4.78, 5) is 71.8. The van der Waals surface area contributed by atoms with Gasteiger partial charge in [0.25, 0.3) is 11.7 Å². The van der Waals surface area contributed by atoms with E-state index in [4.69, 9.17) is 23.7 Å². The van der Waals surface area contributed by atoms with Crippen LogP contribution in [0, 0.1) is 35.5 Å². The molecule has 1 unspecified atom stereocenters. The van der Waals surface area contributed by atoms with Gasteiger partial charge in [0, 0.05) is 58.5 Å². The van der Waals surface area contributed by atoms with Gasteiger partial charge in [0.05, 0.1) is 24.4 Å². The second kappa shape index (κ2) is 25.1. The molecule has 4 aliphatic rings. The molecule has 3 fully saturated rings. The summed E-state index contributed by atoms with van der Waals surface area (Å²) in [6.45, 7) is 12.7. The number of amides is 1. The van der Waals surface area contributed by atoms with Gasteiger partial charge >= 0.3 is 5.97 Å². The number of fused-ring (bicyclic) bond motifs is 3. The average molecular weight is 914 g/mol. The maximum absolute atomic E-state index is 14.4. The maximum Gasteiger partial charge on any atom is 0.329 e. The van der Waals surface area contributed by atoms with Crippen LogP contribution >= 0.6 is 0 Å². The molecule has 3 N–H and O–H groups in total. The van der Waals surface area contributed by atoms with E-state index >= 15 is 0 Å². The van der Waals surface area contributed by atoms with Crippen molar-refractivity contribution in [1.29, 1.82) is 0 Å². The number of hydrogen-bond donors (Lipinski definition) is 3. The molecule has 0 radical (unpaired) electrons. The summed E-state index contributed by atoms with van der Waals surface area (Å²) in [7, 11) is 4.52. The zero-order chi connectivity index (χ0) is 48.2. The van der Waals surface area contributed by atoms with E-state index in [-0.39, 0.29) is 54.8 Å². The highest BCUT2D eigenvalue weighted by atomic mass is 16.6. The molecule has 1 aliphatic carbocycles. The predicted octanol–water partition coefficient (Wildman–Crippen LogP) is 6.18. The number of rotatable bonds is 6. The summed E-state index contributed by atoms with van der Waals surface area (Å²) in [5.41, 5.74) is 1.27. The van der Waals surface area contributed by atoms with E-state index < -0.39 is 83.9 Å². The van der Waals surface area contributed by atoms with Crippen molar-refractivity contribution in [1.82, 2.24) is 4.90 Å². The molecular weight excluding hydrogens is 835 g/mol. The normalized spacial score (nSPS) is 37.8. The van der Waals surface area contributed by atoms with Gasteiger partial charge in [0.15, 0.2) is 5.78 Å². The van der Waals surface area contributed by atoms with Gasteiger partial charge in [-0.25, -0.2) is 4.79 Å². The second-order valence-corrected chi connectivity index (χ2v) is 19.6. The van der Waals surface area contributed by atoms with Crippen LogP contribution in [0.25, 0.3) is 0 Å². The van der Waals surface area contributed by atoms with Crippen molar-refractivity contribution in [2.45, 2.75) is 180 Å². The van der Waals surface area contributed by atoms with E-state index in [0.29, 0.717) is 63.4 Å². The van der Waals surface area contributed by atoms with Gasteiger partial charge in [-0.15, -0.1) is 0 Å². The number of esters is 1. The van der Waals surface area contributed by atoms with E-state index in [9.17, 15) is 39.3 Å². The van der Waals surface area contributed by atoms with E-state index in [2.05, 4.69) is 0 Å². The van der Waals surface area contributed by atoms with Crippen molar-refractivity contribution in [3.8, 4) is 0 Å². The molecule has 0 aromatic heterocycles. The Bertz CT molecular complexity index is 1760. The minimum atomic E-state index is -2.43.